The molecule has 6 heteroatoms. The van der Waals surface area contributed by atoms with Crippen molar-refractivity contribution in [3.63, 3.8) is 0 Å². The molecule has 0 heterocycles. The molecule has 1 saturated carbocycles. The minimum Gasteiger partial charge on any atom is -0.382 e. The quantitative estimate of drug-likeness (QED) is 0.895. The van der Waals surface area contributed by atoms with Crippen molar-refractivity contribution < 1.29 is 18.0 Å². The van der Waals surface area contributed by atoms with Crippen molar-refractivity contribution in [1.29, 1.82) is 0 Å². The molecule has 0 atom stereocenters. The van der Waals surface area contributed by atoms with Crippen LogP contribution < -0.4 is 11.1 Å². The first-order valence-corrected chi connectivity index (χ1v) is 7.01. The molecular weight excluding hydrogens is 281 g/mol. The van der Waals surface area contributed by atoms with Crippen LogP contribution in [0.15, 0.2) is 18.2 Å². The predicted octanol–water partition coefficient (Wildman–Crippen LogP) is 3.63. The van der Waals surface area contributed by atoms with E-state index in [1.54, 1.807) is 18.2 Å². The summed E-state index contributed by atoms with van der Waals surface area (Å²) in [5.41, 5.74) is 7.34. The zero-order valence-electron chi connectivity index (χ0n) is 11.8. The molecule has 0 spiro atoms. The monoisotopic (exact) mass is 300 g/mol. The fourth-order valence-electron chi connectivity index (χ4n) is 2.76. The van der Waals surface area contributed by atoms with Crippen LogP contribution in [-0.4, -0.2) is 18.1 Å². The van der Waals surface area contributed by atoms with Gasteiger partial charge in [-0.05, 0) is 56.4 Å². The lowest BCUT2D eigenvalue weighted by Gasteiger charge is -2.31. The molecule has 1 fully saturated rings. The summed E-state index contributed by atoms with van der Waals surface area (Å²) in [6.45, 7) is 1.84. The van der Waals surface area contributed by atoms with Crippen molar-refractivity contribution in [1.82, 2.24) is 0 Å². The highest BCUT2D eigenvalue weighted by Crippen LogP contribution is 2.38. The van der Waals surface area contributed by atoms with Crippen LogP contribution in [0.2, 0.25) is 0 Å². The fourth-order valence-corrected chi connectivity index (χ4v) is 2.76. The zero-order valence-corrected chi connectivity index (χ0v) is 11.8. The van der Waals surface area contributed by atoms with E-state index in [2.05, 4.69) is 5.32 Å². The van der Waals surface area contributed by atoms with Gasteiger partial charge in [0.1, 0.15) is 0 Å². The van der Waals surface area contributed by atoms with Gasteiger partial charge in [-0.25, -0.2) is 0 Å². The maximum absolute atomic E-state index is 12.6. The summed E-state index contributed by atoms with van der Waals surface area (Å²) in [6, 6.07) is 5.11. The average molecular weight is 300 g/mol. The van der Waals surface area contributed by atoms with Crippen LogP contribution in [0.5, 0.6) is 0 Å². The number of hydrogen-bond donors (Lipinski definition) is 2. The van der Waals surface area contributed by atoms with Gasteiger partial charge in [-0.1, -0.05) is 0 Å². The number of primary amides is 1. The second-order valence-corrected chi connectivity index (χ2v) is 5.63. The molecule has 116 valence electrons. The predicted molar refractivity (Wildman–Crippen MR) is 75.1 cm³/mol. The number of halogens is 3. The third kappa shape index (κ3) is 3.89. The molecule has 0 bridgehead atoms. The standard InChI is InChI=1S/C15H19F3N2O/c1-9-8-10(14(19)21)2-7-13(9)20-12-5-3-11(4-6-12)15(16,17)18/h2,7-8,11-12,20H,3-6H2,1H3,(H2,19,21). The summed E-state index contributed by atoms with van der Waals surface area (Å²) in [7, 11) is 0. The lowest BCUT2D eigenvalue weighted by molar-refractivity contribution is -0.182. The maximum Gasteiger partial charge on any atom is 0.391 e. The number of aryl methyl sites for hydroxylation is 1. The Kier molecular flexibility index (Phi) is 4.44. The van der Waals surface area contributed by atoms with E-state index in [1.165, 1.54) is 0 Å². The summed E-state index contributed by atoms with van der Waals surface area (Å²) in [5, 5.41) is 3.27. The number of hydrogen-bond acceptors (Lipinski definition) is 2. The molecule has 0 unspecified atom stereocenters. The Morgan fingerprint density at radius 2 is 1.86 bits per heavy atom. The molecule has 1 aliphatic rings. The first-order valence-electron chi connectivity index (χ1n) is 7.01. The molecule has 0 aliphatic heterocycles. The van der Waals surface area contributed by atoms with Crippen LogP contribution in [-0.2, 0) is 0 Å². The molecule has 1 amide bonds. The summed E-state index contributed by atoms with van der Waals surface area (Å²) in [5.74, 6) is -1.66. The Balaban J connectivity index is 1.96. The van der Waals surface area contributed by atoms with Gasteiger partial charge in [0.05, 0.1) is 5.92 Å². The number of amides is 1. The van der Waals surface area contributed by atoms with Gasteiger partial charge >= 0.3 is 6.18 Å². The smallest absolute Gasteiger partial charge is 0.382 e. The topological polar surface area (TPSA) is 55.1 Å². The Morgan fingerprint density at radius 1 is 1.24 bits per heavy atom. The number of nitrogens with two attached hydrogens (primary N) is 1. The Morgan fingerprint density at radius 3 is 2.33 bits per heavy atom. The van der Waals surface area contributed by atoms with E-state index in [0.717, 1.165) is 11.3 Å². The zero-order chi connectivity index (χ0) is 15.6. The van der Waals surface area contributed by atoms with Crippen molar-refractivity contribution >= 4 is 11.6 Å². The normalized spacial score (nSPS) is 22.9. The number of nitrogens with one attached hydrogen (secondary N) is 1. The van der Waals surface area contributed by atoms with Gasteiger partial charge in [0, 0.05) is 17.3 Å². The van der Waals surface area contributed by atoms with Crippen molar-refractivity contribution in [2.24, 2.45) is 11.7 Å². The van der Waals surface area contributed by atoms with E-state index in [9.17, 15) is 18.0 Å². The van der Waals surface area contributed by atoms with E-state index >= 15 is 0 Å². The lowest BCUT2D eigenvalue weighted by atomic mass is 9.85. The van der Waals surface area contributed by atoms with Gasteiger partial charge < -0.3 is 11.1 Å². The van der Waals surface area contributed by atoms with Gasteiger partial charge in [-0.15, -0.1) is 0 Å². The van der Waals surface area contributed by atoms with E-state index < -0.39 is 18.0 Å². The number of rotatable bonds is 3. The van der Waals surface area contributed by atoms with Crippen LogP contribution in [0.4, 0.5) is 18.9 Å². The summed E-state index contributed by atoms with van der Waals surface area (Å²) in [4.78, 5) is 11.1. The molecule has 1 aliphatic carbocycles. The van der Waals surface area contributed by atoms with Crippen LogP contribution in [0.25, 0.3) is 0 Å². The summed E-state index contributed by atoms with van der Waals surface area (Å²) in [6.07, 6.45) is -2.74. The average Bonchev–Trinajstić information content (AvgIpc) is 2.40. The highest BCUT2D eigenvalue weighted by molar-refractivity contribution is 5.93. The van der Waals surface area contributed by atoms with Gasteiger partial charge in [0.15, 0.2) is 0 Å². The number of carbonyl (C=O) groups is 1. The minimum atomic E-state index is -4.08. The molecule has 3 N–H and O–H groups in total. The van der Waals surface area contributed by atoms with Crippen molar-refractivity contribution in [2.45, 2.75) is 44.8 Å². The molecule has 1 aromatic carbocycles. The number of anilines is 1. The molecule has 0 radical (unpaired) electrons. The number of carbonyl (C=O) groups excluding carboxylic acids is 1. The van der Waals surface area contributed by atoms with E-state index in [-0.39, 0.29) is 18.9 Å². The third-order valence-electron chi connectivity index (χ3n) is 4.06. The van der Waals surface area contributed by atoms with Gasteiger partial charge in [0.2, 0.25) is 5.91 Å². The van der Waals surface area contributed by atoms with Crippen LogP contribution in [0.3, 0.4) is 0 Å². The van der Waals surface area contributed by atoms with Crippen molar-refractivity contribution in [3.8, 4) is 0 Å². The van der Waals surface area contributed by atoms with E-state index in [1.807, 2.05) is 6.92 Å². The SMILES string of the molecule is Cc1cc(C(N)=O)ccc1NC1CCC(C(F)(F)F)CC1. The highest BCUT2D eigenvalue weighted by atomic mass is 19.4. The number of benzene rings is 1. The number of alkyl halides is 3. The fraction of sp³-hybridized carbons (Fsp3) is 0.533. The molecule has 1 aromatic rings. The van der Waals surface area contributed by atoms with E-state index in [4.69, 9.17) is 5.73 Å². The van der Waals surface area contributed by atoms with Crippen molar-refractivity contribution in [2.75, 3.05) is 5.32 Å². The van der Waals surface area contributed by atoms with E-state index in [0.29, 0.717) is 18.4 Å². The largest absolute Gasteiger partial charge is 0.391 e. The lowest BCUT2D eigenvalue weighted by Crippen LogP contribution is -2.33. The highest BCUT2D eigenvalue weighted by Gasteiger charge is 2.41. The molecular formula is C15H19F3N2O. The molecule has 21 heavy (non-hydrogen) atoms. The first-order chi connectivity index (χ1) is 9.77. The maximum atomic E-state index is 12.6. The third-order valence-corrected chi connectivity index (χ3v) is 4.06. The molecule has 3 nitrogen and oxygen atoms in total. The molecule has 0 saturated heterocycles. The minimum absolute atomic E-state index is 0.0433. The van der Waals surface area contributed by atoms with Crippen LogP contribution in [0, 0.1) is 12.8 Å². The Labute approximate surface area is 121 Å². The first kappa shape index (κ1) is 15.7. The van der Waals surface area contributed by atoms with Gasteiger partial charge in [0.25, 0.3) is 0 Å². The molecule has 2 rings (SSSR count). The summed E-state index contributed by atoms with van der Waals surface area (Å²) < 4.78 is 37.8. The van der Waals surface area contributed by atoms with Crippen LogP contribution >= 0.6 is 0 Å². The van der Waals surface area contributed by atoms with Gasteiger partial charge in [-0.3, -0.25) is 4.79 Å². The second kappa shape index (κ2) is 5.95. The van der Waals surface area contributed by atoms with Gasteiger partial charge in [-0.2, -0.15) is 13.2 Å². The van der Waals surface area contributed by atoms with Crippen molar-refractivity contribution in [3.05, 3.63) is 29.3 Å². The second-order valence-electron chi connectivity index (χ2n) is 5.63. The molecule has 0 aromatic heterocycles. The summed E-state index contributed by atoms with van der Waals surface area (Å²) >= 11 is 0. The Hall–Kier alpha value is -1.72. The van der Waals surface area contributed by atoms with Crippen LogP contribution in [0.1, 0.15) is 41.6 Å². The Bertz CT molecular complexity index is 520.